The van der Waals surface area contributed by atoms with Crippen molar-refractivity contribution >= 4 is 11.9 Å². The van der Waals surface area contributed by atoms with E-state index in [1.54, 1.807) is 12.0 Å². The molecule has 1 amide bonds. The number of carboxylic acids is 1. The highest BCUT2D eigenvalue weighted by Gasteiger charge is 2.12. The highest BCUT2D eigenvalue weighted by atomic mass is 16.5. The number of amides is 1. The van der Waals surface area contributed by atoms with Gasteiger partial charge in [-0.3, -0.25) is 9.59 Å². The fraction of sp³-hybridized carbons (Fsp3) is 0.467. The third kappa shape index (κ3) is 5.30. The van der Waals surface area contributed by atoms with Crippen LogP contribution >= 0.6 is 0 Å². The van der Waals surface area contributed by atoms with Crippen molar-refractivity contribution < 1.29 is 19.4 Å². The Labute approximate surface area is 119 Å². The van der Waals surface area contributed by atoms with Gasteiger partial charge in [0.05, 0.1) is 7.11 Å². The molecule has 0 saturated heterocycles. The molecule has 20 heavy (non-hydrogen) atoms. The summed E-state index contributed by atoms with van der Waals surface area (Å²) >= 11 is 0. The Hall–Kier alpha value is -2.04. The smallest absolute Gasteiger partial charge is 0.303 e. The van der Waals surface area contributed by atoms with Crippen LogP contribution in [-0.2, 0) is 16.1 Å². The Bertz CT molecular complexity index is 442. The van der Waals surface area contributed by atoms with E-state index in [0.717, 1.165) is 11.3 Å². The Morgan fingerprint density at radius 2 is 1.85 bits per heavy atom. The molecule has 1 rings (SSSR count). The van der Waals surface area contributed by atoms with Crippen molar-refractivity contribution in [3.63, 3.8) is 0 Å². The van der Waals surface area contributed by atoms with Crippen molar-refractivity contribution in [1.29, 1.82) is 0 Å². The number of aliphatic carboxylic acids is 1. The lowest BCUT2D eigenvalue weighted by molar-refractivity contribution is -0.137. The summed E-state index contributed by atoms with van der Waals surface area (Å²) in [7, 11) is 1.61. The predicted molar refractivity (Wildman–Crippen MR) is 75.6 cm³/mol. The molecular weight excluding hydrogens is 258 g/mol. The first-order valence-electron chi connectivity index (χ1n) is 6.69. The summed E-state index contributed by atoms with van der Waals surface area (Å²) in [6.45, 7) is 3.06. The predicted octanol–water partition coefficient (Wildman–Crippen LogP) is 2.30. The minimum atomic E-state index is -0.865. The second-order valence-electron chi connectivity index (χ2n) is 4.50. The van der Waals surface area contributed by atoms with Crippen molar-refractivity contribution in [2.75, 3.05) is 13.7 Å². The standard InChI is InChI=1S/C15H21NO4/c1-3-16(14(17)5-4-6-15(18)19)11-12-7-9-13(20-2)10-8-12/h7-10H,3-6,11H2,1-2H3,(H,18,19). The molecule has 0 aliphatic rings. The number of carboxylic acid groups (broad SMARTS) is 1. The van der Waals surface area contributed by atoms with Gasteiger partial charge in [0.1, 0.15) is 5.75 Å². The van der Waals surface area contributed by atoms with Gasteiger partial charge in [-0.25, -0.2) is 0 Å². The van der Waals surface area contributed by atoms with Crippen LogP contribution in [0.1, 0.15) is 31.7 Å². The molecule has 0 aromatic heterocycles. The summed E-state index contributed by atoms with van der Waals surface area (Å²) in [5.74, 6) is -0.0924. The Balaban J connectivity index is 2.52. The average molecular weight is 279 g/mol. The summed E-state index contributed by atoms with van der Waals surface area (Å²) in [5, 5.41) is 8.57. The van der Waals surface area contributed by atoms with E-state index in [1.165, 1.54) is 0 Å². The number of rotatable bonds is 8. The maximum Gasteiger partial charge on any atom is 0.303 e. The lowest BCUT2D eigenvalue weighted by Gasteiger charge is -2.21. The number of methoxy groups -OCH3 is 1. The van der Waals surface area contributed by atoms with Crippen molar-refractivity contribution in [3.8, 4) is 5.75 Å². The van der Waals surface area contributed by atoms with Gasteiger partial charge in [0.25, 0.3) is 0 Å². The molecule has 0 heterocycles. The van der Waals surface area contributed by atoms with Crippen molar-refractivity contribution in [1.82, 2.24) is 4.90 Å². The van der Waals surface area contributed by atoms with E-state index in [1.807, 2.05) is 31.2 Å². The van der Waals surface area contributed by atoms with Crippen LogP contribution in [0.2, 0.25) is 0 Å². The van der Waals surface area contributed by atoms with Gasteiger partial charge in [-0.05, 0) is 31.0 Å². The van der Waals surface area contributed by atoms with Gasteiger partial charge in [-0.2, -0.15) is 0 Å². The molecule has 5 nitrogen and oxygen atoms in total. The number of carbonyl (C=O) groups is 2. The summed E-state index contributed by atoms with van der Waals surface area (Å²) in [4.78, 5) is 24.2. The molecule has 1 aromatic carbocycles. The van der Waals surface area contributed by atoms with E-state index in [-0.39, 0.29) is 18.7 Å². The quantitative estimate of drug-likeness (QED) is 0.793. The van der Waals surface area contributed by atoms with Gasteiger partial charge in [-0.15, -0.1) is 0 Å². The first-order valence-corrected chi connectivity index (χ1v) is 6.69. The third-order valence-electron chi connectivity index (χ3n) is 3.05. The summed E-state index contributed by atoms with van der Waals surface area (Å²) in [5.41, 5.74) is 1.03. The van der Waals surface area contributed by atoms with Gasteiger partial charge in [-0.1, -0.05) is 12.1 Å². The van der Waals surface area contributed by atoms with E-state index in [9.17, 15) is 9.59 Å². The molecule has 0 bridgehead atoms. The van der Waals surface area contributed by atoms with Crippen LogP contribution in [0.3, 0.4) is 0 Å². The van der Waals surface area contributed by atoms with Crippen LogP contribution < -0.4 is 4.74 Å². The Morgan fingerprint density at radius 3 is 2.35 bits per heavy atom. The van der Waals surface area contributed by atoms with Crippen molar-refractivity contribution in [3.05, 3.63) is 29.8 Å². The summed E-state index contributed by atoms with van der Waals surface area (Å²) in [6.07, 6.45) is 0.690. The van der Waals surface area contributed by atoms with Gasteiger partial charge >= 0.3 is 5.97 Å². The van der Waals surface area contributed by atoms with E-state index >= 15 is 0 Å². The Kier molecular flexibility index (Phi) is 6.56. The first-order chi connectivity index (χ1) is 9.56. The number of nitrogens with zero attached hydrogens (tertiary/aromatic N) is 1. The number of benzene rings is 1. The van der Waals surface area contributed by atoms with Gasteiger partial charge in [0.2, 0.25) is 5.91 Å². The molecule has 0 spiro atoms. The zero-order valence-electron chi connectivity index (χ0n) is 12.0. The zero-order chi connectivity index (χ0) is 15.0. The van der Waals surface area contributed by atoms with Crippen molar-refractivity contribution in [2.45, 2.75) is 32.7 Å². The van der Waals surface area contributed by atoms with E-state index in [0.29, 0.717) is 19.5 Å². The molecule has 0 fully saturated rings. The molecular formula is C15H21NO4. The maximum atomic E-state index is 12.0. The van der Waals surface area contributed by atoms with Crippen LogP contribution in [-0.4, -0.2) is 35.5 Å². The number of carbonyl (C=O) groups excluding carboxylic acids is 1. The average Bonchev–Trinajstić information content (AvgIpc) is 2.44. The van der Waals surface area contributed by atoms with Gasteiger partial charge < -0.3 is 14.7 Å². The SMILES string of the molecule is CCN(Cc1ccc(OC)cc1)C(=O)CCCC(=O)O. The normalized spacial score (nSPS) is 10.1. The van der Waals surface area contributed by atoms with Crippen LogP contribution in [0.25, 0.3) is 0 Å². The second-order valence-corrected chi connectivity index (χ2v) is 4.50. The molecule has 0 atom stereocenters. The molecule has 5 heteroatoms. The monoisotopic (exact) mass is 279 g/mol. The molecule has 0 saturated carbocycles. The van der Waals surface area contributed by atoms with Crippen LogP contribution in [0.15, 0.2) is 24.3 Å². The second kappa shape index (κ2) is 8.19. The number of hydrogen-bond donors (Lipinski definition) is 1. The zero-order valence-corrected chi connectivity index (χ0v) is 12.0. The van der Waals surface area contributed by atoms with Crippen LogP contribution in [0, 0.1) is 0 Å². The molecule has 0 radical (unpaired) electrons. The molecule has 0 aliphatic carbocycles. The maximum absolute atomic E-state index is 12.0. The minimum Gasteiger partial charge on any atom is -0.497 e. The van der Waals surface area contributed by atoms with Gasteiger partial charge in [0, 0.05) is 25.9 Å². The van der Waals surface area contributed by atoms with E-state index < -0.39 is 5.97 Å². The molecule has 0 aliphatic heterocycles. The molecule has 0 unspecified atom stereocenters. The van der Waals surface area contributed by atoms with Crippen LogP contribution in [0.5, 0.6) is 5.75 Å². The number of ether oxygens (including phenoxy) is 1. The fourth-order valence-electron chi connectivity index (χ4n) is 1.88. The topological polar surface area (TPSA) is 66.8 Å². The van der Waals surface area contributed by atoms with E-state index in [4.69, 9.17) is 9.84 Å². The lowest BCUT2D eigenvalue weighted by atomic mass is 10.1. The Morgan fingerprint density at radius 1 is 1.20 bits per heavy atom. The summed E-state index contributed by atoms with van der Waals surface area (Å²) in [6, 6.07) is 7.56. The fourth-order valence-corrected chi connectivity index (χ4v) is 1.88. The van der Waals surface area contributed by atoms with Gasteiger partial charge in [0.15, 0.2) is 0 Å². The lowest BCUT2D eigenvalue weighted by Crippen LogP contribution is -2.30. The highest BCUT2D eigenvalue weighted by molar-refractivity contribution is 5.77. The molecule has 110 valence electrons. The highest BCUT2D eigenvalue weighted by Crippen LogP contribution is 2.14. The third-order valence-corrected chi connectivity index (χ3v) is 3.05. The van der Waals surface area contributed by atoms with E-state index in [2.05, 4.69) is 0 Å². The largest absolute Gasteiger partial charge is 0.497 e. The first kappa shape index (κ1) is 16.0. The number of hydrogen-bond acceptors (Lipinski definition) is 3. The summed E-state index contributed by atoms with van der Waals surface area (Å²) < 4.78 is 5.09. The molecule has 1 N–H and O–H groups in total. The van der Waals surface area contributed by atoms with Crippen LogP contribution in [0.4, 0.5) is 0 Å². The van der Waals surface area contributed by atoms with Crippen molar-refractivity contribution in [2.24, 2.45) is 0 Å². The molecule has 1 aromatic rings. The minimum absolute atomic E-state index is 0.00966.